The molecular formula is C28H28F2O. The minimum Gasteiger partial charge on any atom is -0.491 e. The molecule has 31 heavy (non-hydrogen) atoms. The van der Waals surface area contributed by atoms with Crippen LogP contribution < -0.4 is 4.74 Å². The Morgan fingerprint density at radius 3 is 2.10 bits per heavy atom. The molecule has 0 atom stereocenters. The molecule has 4 rings (SSSR count). The van der Waals surface area contributed by atoms with Gasteiger partial charge in [-0.3, -0.25) is 0 Å². The highest BCUT2D eigenvalue weighted by Crippen LogP contribution is 2.37. The van der Waals surface area contributed by atoms with Crippen molar-refractivity contribution in [2.45, 2.75) is 38.5 Å². The Bertz CT molecular complexity index is 1050. The van der Waals surface area contributed by atoms with Crippen LogP contribution in [0, 0.1) is 17.6 Å². The smallest absolute Gasteiger partial charge is 0.165 e. The molecule has 0 unspecified atom stereocenters. The van der Waals surface area contributed by atoms with E-state index in [-0.39, 0.29) is 11.6 Å². The molecule has 0 amide bonds. The van der Waals surface area contributed by atoms with Gasteiger partial charge >= 0.3 is 0 Å². The first-order valence-corrected chi connectivity index (χ1v) is 11.0. The maximum absolute atomic E-state index is 14.9. The second-order valence-corrected chi connectivity index (χ2v) is 8.24. The van der Waals surface area contributed by atoms with Crippen LogP contribution in [-0.4, -0.2) is 6.61 Å². The number of hydrogen-bond donors (Lipinski definition) is 0. The molecular weight excluding hydrogens is 390 g/mol. The van der Waals surface area contributed by atoms with E-state index in [1.165, 1.54) is 43.4 Å². The van der Waals surface area contributed by atoms with Gasteiger partial charge in [-0.25, -0.2) is 8.78 Å². The van der Waals surface area contributed by atoms with Crippen LogP contribution in [0.15, 0.2) is 73.3 Å². The van der Waals surface area contributed by atoms with Gasteiger partial charge in [0.2, 0.25) is 0 Å². The van der Waals surface area contributed by atoms with Gasteiger partial charge in [0.05, 0.1) is 6.61 Å². The molecule has 0 aromatic heterocycles. The van der Waals surface area contributed by atoms with E-state index < -0.39 is 5.82 Å². The summed E-state index contributed by atoms with van der Waals surface area (Å²) in [7, 11) is 0. The molecule has 160 valence electrons. The van der Waals surface area contributed by atoms with Gasteiger partial charge in [0.15, 0.2) is 11.6 Å². The third-order valence-electron chi connectivity index (χ3n) is 6.33. The fourth-order valence-electron chi connectivity index (χ4n) is 4.51. The van der Waals surface area contributed by atoms with Crippen molar-refractivity contribution in [3.63, 3.8) is 0 Å². The molecule has 0 spiro atoms. The molecule has 1 aliphatic carbocycles. The Labute approximate surface area is 183 Å². The van der Waals surface area contributed by atoms with Crippen molar-refractivity contribution in [1.82, 2.24) is 0 Å². The highest BCUT2D eigenvalue weighted by molar-refractivity contribution is 5.71. The van der Waals surface area contributed by atoms with Crippen LogP contribution in [0.2, 0.25) is 0 Å². The predicted molar refractivity (Wildman–Crippen MR) is 123 cm³/mol. The van der Waals surface area contributed by atoms with E-state index in [1.807, 2.05) is 6.07 Å². The average molecular weight is 419 g/mol. The maximum Gasteiger partial charge on any atom is 0.165 e. The van der Waals surface area contributed by atoms with E-state index in [0.717, 1.165) is 11.1 Å². The van der Waals surface area contributed by atoms with Crippen molar-refractivity contribution in [2.75, 3.05) is 6.61 Å². The Hall–Kier alpha value is -2.94. The van der Waals surface area contributed by atoms with Crippen molar-refractivity contribution >= 4 is 0 Å². The molecule has 1 fully saturated rings. The normalized spacial score (nSPS) is 18.5. The second kappa shape index (κ2) is 9.47. The van der Waals surface area contributed by atoms with Gasteiger partial charge in [-0.15, -0.1) is 6.58 Å². The first-order chi connectivity index (χ1) is 15.1. The van der Waals surface area contributed by atoms with Crippen molar-refractivity contribution in [2.24, 2.45) is 5.92 Å². The zero-order valence-corrected chi connectivity index (χ0v) is 17.9. The number of hydrogen-bond acceptors (Lipinski definition) is 1. The SMILES string of the molecule is C=CC1CCC(c2ccc(-c3ccc(-c4ccc(OCC)c(F)c4)c(F)c3)cc2)CC1. The van der Waals surface area contributed by atoms with Gasteiger partial charge in [0.25, 0.3) is 0 Å². The number of ether oxygens (including phenoxy) is 1. The quantitative estimate of drug-likeness (QED) is 0.367. The number of allylic oxidation sites excluding steroid dienone is 1. The van der Waals surface area contributed by atoms with Gasteiger partial charge in [-0.1, -0.05) is 48.5 Å². The van der Waals surface area contributed by atoms with Gasteiger partial charge in [0, 0.05) is 5.56 Å². The zero-order valence-electron chi connectivity index (χ0n) is 17.9. The zero-order chi connectivity index (χ0) is 21.8. The summed E-state index contributed by atoms with van der Waals surface area (Å²) in [6, 6.07) is 18.1. The van der Waals surface area contributed by atoms with Crippen molar-refractivity contribution in [3.05, 3.63) is 90.5 Å². The summed E-state index contributed by atoms with van der Waals surface area (Å²) in [4.78, 5) is 0. The fourth-order valence-corrected chi connectivity index (χ4v) is 4.51. The lowest BCUT2D eigenvalue weighted by atomic mass is 9.78. The summed E-state index contributed by atoms with van der Waals surface area (Å²) >= 11 is 0. The lowest BCUT2D eigenvalue weighted by Gasteiger charge is -2.27. The summed E-state index contributed by atoms with van der Waals surface area (Å²) in [5, 5.41) is 0. The monoisotopic (exact) mass is 418 g/mol. The number of rotatable bonds is 6. The number of halogens is 2. The summed E-state index contributed by atoms with van der Waals surface area (Å²) in [5.41, 5.74) is 4.02. The second-order valence-electron chi connectivity index (χ2n) is 8.24. The van der Waals surface area contributed by atoms with Crippen LogP contribution in [0.25, 0.3) is 22.3 Å². The summed E-state index contributed by atoms with van der Waals surface area (Å²) < 4.78 is 34.3. The summed E-state index contributed by atoms with van der Waals surface area (Å²) in [6.45, 7) is 6.10. The molecule has 3 heteroatoms. The third-order valence-corrected chi connectivity index (χ3v) is 6.33. The lowest BCUT2D eigenvalue weighted by Crippen LogP contribution is -2.11. The largest absolute Gasteiger partial charge is 0.491 e. The van der Waals surface area contributed by atoms with E-state index in [0.29, 0.717) is 29.6 Å². The molecule has 0 N–H and O–H groups in total. The highest BCUT2D eigenvalue weighted by Gasteiger charge is 2.20. The first-order valence-electron chi connectivity index (χ1n) is 11.0. The molecule has 1 saturated carbocycles. The molecule has 0 heterocycles. The summed E-state index contributed by atoms with van der Waals surface area (Å²) in [5.74, 6) is 0.578. The molecule has 0 radical (unpaired) electrons. The fraction of sp³-hybridized carbons (Fsp3) is 0.286. The standard InChI is InChI=1S/C28H28F2O/c1-3-19-5-7-20(8-6-19)21-9-11-22(12-10-21)23-13-15-25(26(29)17-23)24-14-16-28(31-4-2)27(30)18-24/h3,9-20H,1,4-8H2,2H3. The van der Waals surface area contributed by atoms with Crippen molar-refractivity contribution in [3.8, 4) is 28.0 Å². The maximum atomic E-state index is 14.9. The van der Waals surface area contributed by atoms with Gasteiger partial charge in [-0.2, -0.15) is 0 Å². The highest BCUT2D eigenvalue weighted by atomic mass is 19.1. The Morgan fingerprint density at radius 2 is 1.48 bits per heavy atom. The van der Waals surface area contributed by atoms with Crippen LogP contribution in [0.5, 0.6) is 5.75 Å². The van der Waals surface area contributed by atoms with Gasteiger partial charge in [0.1, 0.15) is 5.82 Å². The van der Waals surface area contributed by atoms with E-state index >= 15 is 0 Å². The molecule has 0 aliphatic heterocycles. The Balaban J connectivity index is 1.51. The molecule has 1 nitrogen and oxygen atoms in total. The Morgan fingerprint density at radius 1 is 0.839 bits per heavy atom. The molecule has 3 aromatic carbocycles. The van der Waals surface area contributed by atoms with Crippen LogP contribution in [-0.2, 0) is 0 Å². The number of benzene rings is 3. The topological polar surface area (TPSA) is 9.23 Å². The van der Waals surface area contributed by atoms with Crippen LogP contribution >= 0.6 is 0 Å². The molecule has 3 aromatic rings. The lowest BCUT2D eigenvalue weighted by molar-refractivity contribution is 0.321. The van der Waals surface area contributed by atoms with E-state index in [9.17, 15) is 8.78 Å². The van der Waals surface area contributed by atoms with E-state index in [2.05, 4.69) is 36.9 Å². The summed E-state index contributed by atoms with van der Waals surface area (Å²) in [6.07, 6.45) is 6.87. The minimum atomic E-state index is -0.486. The van der Waals surface area contributed by atoms with Crippen molar-refractivity contribution in [1.29, 1.82) is 0 Å². The van der Waals surface area contributed by atoms with Crippen molar-refractivity contribution < 1.29 is 13.5 Å². The predicted octanol–water partition coefficient (Wildman–Crippen LogP) is 8.16. The first kappa shape index (κ1) is 21.3. The van der Waals surface area contributed by atoms with Crippen LogP contribution in [0.1, 0.15) is 44.1 Å². The van der Waals surface area contributed by atoms with Crippen LogP contribution in [0.4, 0.5) is 8.78 Å². The Kier molecular flexibility index (Phi) is 6.50. The van der Waals surface area contributed by atoms with E-state index in [4.69, 9.17) is 4.74 Å². The molecule has 0 bridgehead atoms. The minimum absolute atomic E-state index is 0.182. The third kappa shape index (κ3) is 4.71. The van der Waals surface area contributed by atoms with Gasteiger partial charge in [-0.05, 0) is 84.9 Å². The molecule has 1 aliphatic rings. The van der Waals surface area contributed by atoms with Crippen LogP contribution in [0.3, 0.4) is 0 Å². The molecule has 0 saturated heterocycles. The average Bonchev–Trinajstić information content (AvgIpc) is 2.81. The van der Waals surface area contributed by atoms with E-state index in [1.54, 1.807) is 25.1 Å². The van der Waals surface area contributed by atoms with Gasteiger partial charge < -0.3 is 4.74 Å².